The first-order valence-corrected chi connectivity index (χ1v) is 7.79. The molecule has 7 nitrogen and oxygen atoms in total. The van der Waals surface area contributed by atoms with E-state index in [-0.39, 0.29) is 11.4 Å². The molecule has 0 spiro atoms. The number of aromatic nitrogens is 1. The van der Waals surface area contributed by atoms with Gasteiger partial charge >= 0.3 is 0 Å². The maximum Gasteiger partial charge on any atom is 0.252 e. The molecule has 0 radical (unpaired) electrons. The predicted octanol–water partition coefficient (Wildman–Crippen LogP) is 0.217. The van der Waals surface area contributed by atoms with E-state index in [1.54, 1.807) is 18.3 Å². The van der Waals surface area contributed by atoms with Crippen LogP contribution in [0.1, 0.15) is 31.1 Å². The van der Waals surface area contributed by atoms with Crippen LogP contribution >= 0.6 is 0 Å². The highest BCUT2D eigenvalue weighted by Gasteiger charge is 2.23. The number of hydrogen-bond donors (Lipinski definition) is 2. The monoisotopic (exact) mass is 319 g/mol. The molecule has 0 bridgehead atoms. The van der Waals surface area contributed by atoms with Crippen LogP contribution in [-0.2, 0) is 4.79 Å². The fourth-order valence-corrected chi connectivity index (χ4v) is 2.62. The molecule has 23 heavy (non-hydrogen) atoms. The molecule has 0 aromatic carbocycles. The number of carbonyl (C=O) groups excluding carboxylic acids is 2. The molecule has 2 rings (SSSR count). The van der Waals surface area contributed by atoms with Gasteiger partial charge in [-0.05, 0) is 32.9 Å². The molecule has 1 aliphatic rings. The summed E-state index contributed by atoms with van der Waals surface area (Å²) in [6.07, 6.45) is 1.66. The molecule has 7 heteroatoms. The van der Waals surface area contributed by atoms with Crippen molar-refractivity contribution in [3.05, 3.63) is 23.9 Å². The Balaban J connectivity index is 1.92. The quantitative estimate of drug-likeness (QED) is 0.828. The van der Waals surface area contributed by atoms with Gasteiger partial charge in [0.1, 0.15) is 5.82 Å². The van der Waals surface area contributed by atoms with E-state index in [4.69, 9.17) is 5.73 Å². The van der Waals surface area contributed by atoms with E-state index in [1.807, 2.05) is 25.7 Å². The van der Waals surface area contributed by atoms with Gasteiger partial charge in [0, 0.05) is 37.9 Å². The lowest BCUT2D eigenvalue weighted by Gasteiger charge is -2.36. The highest BCUT2D eigenvalue weighted by Crippen LogP contribution is 2.18. The van der Waals surface area contributed by atoms with Crippen molar-refractivity contribution >= 4 is 17.6 Å². The third-order valence-electron chi connectivity index (χ3n) is 3.61. The van der Waals surface area contributed by atoms with Crippen molar-refractivity contribution in [2.75, 3.05) is 37.6 Å². The van der Waals surface area contributed by atoms with Crippen LogP contribution in [0.5, 0.6) is 0 Å². The standard InChI is InChI=1S/C16H25N5O2/c1-16(2,3)19-13(22)11-20-7-9-21(10-8-20)15-12(14(17)23)5-4-6-18-15/h4-6H,7-11H2,1-3H3,(H2,17,23)(H,19,22). The smallest absolute Gasteiger partial charge is 0.252 e. The highest BCUT2D eigenvalue weighted by molar-refractivity contribution is 5.97. The molecule has 0 aliphatic carbocycles. The summed E-state index contributed by atoms with van der Waals surface area (Å²) in [6.45, 7) is 9.19. The molecule has 2 heterocycles. The summed E-state index contributed by atoms with van der Waals surface area (Å²) < 4.78 is 0. The number of hydrogen-bond acceptors (Lipinski definition) is 5. The van der Waals surface area contributed by atoms with Gasteiger partial charge in [-0.2, -0.15) is 0 Å². The zero-order valence-corrected chi connectivity index (χ0v) is 14.0. The summed E-state index contributed by atoms with van der Waals surface area (Å²) in [5.74, 6) is 0.181. The number of carbonyl (C=O) groups is 2. The Morgan fingerprint density at radius 1 is 1.26 bits per heavy atom. The van der Waals surface area contributed by atoms with E-state index in [0.29, 0.717) is 31.0 Å². The Kier molecular flexibility index (Phi) is 5.20. The highest BCUT2D eigenvalue weighted by atomic mass is 16.2. The molecular formula is C16H25N5O2. The number of amides is 2. The summed E-state index contributed by atoms with van der Waals surface area (Å²) in [7, 11) is 0. The van der Waals surface area contributed by atoms with E-state index in [0.717, 1.165) is 13.1 Å². The van der Waals surface area contributed by atoms with E-state index >= 15 is 0 Å². The zero-order chi connectivity index (χ0) is 17.0. The number of piperazine rings is 1. The second kappa shape index (κ2) is 6.95. The van der Waals surface area contributed by atoms with Crippen LogP contribution in [0.2, 0.25) is 0 Å². The van der Waals surface area contributed by atoms with E-state index in [9.17, 15) is 9.59 Å². The molecule has 0 atom stereocenters. The number of pyridine rings is 1. The number of nitrogens with zero attached hydrogens (tertiary/aromatic N) is 3. The van der Waals surface area contributed by atoms with Gasteiger partial charge in [0.15, 0.2) is 0 Å². The second-order valence-corrected chi connectivity index (χ2v) is 6.80. The molecule has 0 unspecified atom stereocenters. The van der Waals surface area contributed by atoms with Crippen molar-refractivity contribution in [2.45, 2.75) is 26.3 Å². The largest absolute Gasteiger partial charge is 0.365 e. The Bertz CT molecular complexity index is 574. The number of primary amides is 1. The fraction of sp³-hybridized carbons (Fsp3) is 0.562. The minimum atomic E-state index is -0.472. The number of anilines is 1. The normalized spacial score (nSPS) is 16.2. The number of nitrogens with one attached hydrogen (secondary N) is 1. The first kappa shape index (κ1) is 17.2. The maximum atomic E-state index is 12.0. The first-order chi connectivity index (χ1) is 10.8. The third-order valence-corrected chi connectivity index (χ3v) is 3.61. The average Bonchev–Trinajstić information content (AvgIpc) is 2.46. The zero-order valence-electron chi connectivity index (χ0n) is 14.0. The van der Waals surface area contributed by atoms with E-state index in [1.165, 1.54) is 0 Å². The molecular weight excluding hydrogens is 294 g/mol. The van der Waals surface area contributed by atoms with Crippen molar-refractivity contribution in [2.24, 2.45) is 5.73 Å². The van der Waals surface area contributed by atoms with Gasteiger partial charge in [0.25, 0.3) is 5.91 Å². The van der Waals surface area contributed by atoms with Crippen LogP contribution in [0.3, 0.4) is 0 Å². The van der Waals surface area contributed by atoms with Crippen molar-refractivity contribution < 1.29 is 9.59 Å². The van der Waals surface area contributed by atoms with Gasteiger partial charge in [0.05, 0.1) is 12.1 Å². The predicted molar refractivity (Wildman–Crippen MR) is 89.3 cm³/mol. The SMILES string of the molecule is CC(C)(C)NC(=O)CN1CCN(c2ncccc2C(N)=O)CC1. The van der Waals surface area contributed by atoms with E-state index < -0.39 is 5.91 Å². The molecule has 3 N–H and O–H groups in total. The van der Waals surface area contributed by atoms with Crippen molar-refractivity contribution in [3.8, 4) is 0 Å². The Morgan fingerprint density at radius 2 is 1.91 bits per heavy atom. The fourth-order valence-electron chi connectivity index (χ4n) is 2.62. The van der Waals surface area contributed by atoms with Crippen LogP contribution in [0.15, 0.2) is 18.3 Å². The molecule has 1 aromatic rings. The summed E-state index contributed by atoms with van der Waals surface area (Å²) in [4.78, 5) is 31.9. The molecule has 1 saturated heterocycles. The minimum absolute atomic E-state index is 0.0293. The number of nitrogens with two attached hydrogens (primary N) is 1. The van der Waals surface area contributed by atoms with Gasteiger partial charge in [-0.15, -0.1) is 0 Å². The van der Waals surface area contributed by atoms with Crippen molar-refractivity contribution in [3.63, 3.8) is 0 Å². The Labute approximate surface area is 136 Å². The molecule has 126 valence electrons. The summed E-state index contributed by atoms with van der Waals surface area (Å²) in [6, 6.07) is 3.39. The minimum Gasteiger partial charge on any atom is -0.365 e. The summed E-state index contributed by atoms with van der Waals surface area (Å²) >= 11 is 0. The van der Waals surface area contributed by atoms with Crippen LogP contribution < -0.4 is 16.0 Å². The van der Waals surface area contributed by atoms with Gasteiger partial charge in [-0.25, -0.2) is 4.98 Å². The van der Waals surface area contributed by atoms with Gasteiger partial charge in [0.2, 0.25) is 5.91 Å². The van der Waals surface area contributed by atoms with Crippen molar-refractivity contribution in [1.29, 1.82) is 0 Å². The van der Waals surface area contributed by atoms with Crippen LogP contribution in [0, 0.1) is 0 Å². The lowest BCUT2D eigenvalue weighted by Crippen LogP contribution is -2.52. The number of rotatable bonds is 4. The van der Waals surface area contributed by atoms with Gasteiger partial charge in [-0.1, -0.05) is 0 Å². The molecule has 1 aliphatic heterocycles. The van der Waals surface area contributed by atoms with Crippen LogP contribution in [0.4, 0.5) is 5.82 Å². The van der Waals surface area contributed by atoms with Crippen molar-refractivity contribution in [1.82, 2.24) is 15.2 Å². The average molecular weight is 319 g/mol. The topological polar surface area (TPSA) is 91.6 Å². The molecule has 0 saturated carbocycles. The summed E-state index contributed by atoms with van der Waals surface area (Å²) in [5.41, 5.74) is 5.62. The molecule has 1 fully saturated rings. The Hall–Kier alpha value is -2.15. The Morgan fingerprint density at radius 3 is 2.48 bits per heavy atom. The first-order valence-electron chi connectivity index (χ1n) is 7.79. The second-order valence-electron chi connectivity index (χ2n) is 6.80. The van der Waals surface area contributed by atoms with Gasteiger partial charge in [-0.3, -0.25) is 14.5 Å². The lowest BCUT2D eigenvalue weighted by molar-refractivity contribution is -0.123. The molecule has 2 amide bonds. The van der Waals surface area contributed by atoms with Crippen LogP contribution in [-0.4, -0.2) is 60.0 Å². The maximum absolute atomic E-state index is 12.0. The third kappa shape index (κ3) is 4.92. The van der Waals surface area contributed by atoms with Gasteiger partial charge < -0.3 is 16.0 Å². The molecule has 1 aromatic heterocycles. The van der Waals surface area contributed by atoms with Crippen LogP contribution in [0.25, 0.3) is 0 Å². The summed E-state index contributed by atoms with van der Waals surface area (Å²) in [5, 5.41) is 2.97. The van der Waals surface area contributed by atoms with E-state index in [2.05, 4.69) is 15.2 Å². The lowest BCUT2D eigenvalue weighted by atomic mass is 10.1.